The Bertz CT molecular complexity index is 58.0. The maximum atomic E-state index is 7.75. The lowest BCUT2D eigenvalue weighted by Gasteiger charge is -1.76. The highest BCUT2D eigenvalue weighted by Crippen LogP contribution is 1.65. The van der Waals surface area contributed by atoms with Crippen molar-refractivity contribution in [3.63, 3.8) is 0 Å². The summed E-state index contributed by atoms with van der Waals surface area (Å²) in [6, 6.07) is 0. The molecule has 0 bridgehead atoms. The summed E-state index contributed by atoms with van der Waals surface area (Å²) in [6.07, 6.45) is 2.62. The molecule has 0 fully saturated rings. The van der Waals surface area contributed by atoms with Crippen LogP contribution in [0, 0.1) is 0 Å². The first-order chi connectivity index (χ1) is 4.33. The fourth-order valence-corrected chi connectivity index (χ4v) is 0.0680. The molecule has 10 heavy (non-hydrogen) atoms. The maximum absolute atomic E-state index is 7.75. The molecule has 0 rings (SSSR count). The van der Waals surface area contributed by atoms with Crippen molar-refractivity contribution in [2.24, 2.45) is 5.73 Å². The monoisotopic (exact) mass is 149 g/mol. The molecule has 0 heterocycles. The number of nitrogens with two attached hydrogens (primary N) is 1. The molecule has 0 atom stereocenters. The van der Waals surface area contributed by atoms with Crippen LogP contribution in [0.2, 0.25) is 0 Å². The highest BCUT2D eigenvalue weighted by molar-refractivity contribution is 4.57. The van der Waals surface area contributed by atoms with Crippen LogP contribution in [0.15, 0.2) is 25.7 Å². The average molecular weight is 149 g/mol. The average Bonchev–Trinajstić information content (AvgIpc) is 1.91. The summed E-state index contributed by atoms with van der Waals surface area (Å²) in [5.41, 5.74) is 4.78. The van der Waals surface area contributed by atoms with E-state index in [0.29, 0.717) is 6.54 Å². The lowest BCUT2D eigenvalue weighted by molar-refractivity contribution is 0.306. The van der Waals surface area contributed by atoms with Crippen molar-refractivity contribution in [2.45, 2.75) is 0 Å². The van der Waals surface area contributed by atoms with Gasteiger partial charge >= 0.3 is 0 Å². The third-order valence-electron chi connectivity index (χ3n) is 0.322. The molecule has 0 aliphatic heterocycles. The van der Waals surface area contributed by atoms with Crippen LogP contribution in [0.25, 0.3) is 0 Å². The van der Waals surface area contributed by atoms with Crippen LogP contribution in [-0.2, 0) is 4.74 Å². The Kier molecular flexibility index (Phi) is 38.9. The van der Waals surface area contributed by atoms with Gasteiger partial charge in [-0.05, 0) is 0 Å². The molecule has 4 heteroatoms. The quantitative estimate of drug-likeness (QED) is 0.525. The Balaban J connectivity index is -0.0000000910. The van der Waals surface area contributed by atoms with E-state index in [4.69, 9.17) is 10.8 Å². The van der Waals surface area contributed by atoms with E-state index in [-0.39, 0.29) is 12.1 Å². The lowest BCUT2D eigenvalue weighted by atomic mass is 10.8. The largest absolute Gasteiger partial charge is 0.474 e. The van der Waals surface area contributed by atoms with Gasteiger partial charge in [0, 0.05) is 6.54 Å². The predicted octanol–water partition coefficient (Wildman–Crippen LogP) is -0.597. The van der Waals surface area contributed by atoms with Crippen LogP contribution >= 0.6 is 0 Å². The maximum Gasteiger partial charge on any atom is 0.0829 e. The summed E-state index contributed by atoms with van der Waals surface area (Å²) < 4.78 is 4.36. The zero-order valence-corrected chi connectivity index (χ0v) is 5.92. The van der Waals surface area contributed by atoms with E-state index in [2.05, 4.69) is 17.9 Å². The summed E-state index contributed by atoms with van der Waals surface area (Å²) in [5, 5.41) is 7.75. The molecule has 0 aromatic rings. The van der Waals surface area contributed by atoms with Crippen molar-refractivity contribution in [1.82, 2.24) is 0 Å². The number of hydrogen-bond acceptors (Lipinski definition) is 3. The van der Waals surface area contributed by atoms with Gasteiger partial charge in [0.15, 0.2) is 0 Å². The van der Waals surface area contributed by atoms with E-state index in [1.54, 1.807) is 0 Å². The Hall–Kier alpha value is -0.840. The van der Waals surface area contributed by atoms with Gasteiger partial charge in [0.2, 0.25) is 0 Å². The smallest absolute Gasteiger partial charge is 0.0829 e. The van der Waals surface area contributed by atoms with Gasteiger partial charge in [-0.25, -0.2) is 0 Å². The molecule has 4 nitrogen and oxygen atoms in total. The molecule has 0 saturated carbocycles. The van der Waals surface area contributed by atoms with Gasteiger partial charge in [-0.1, -0.05) is 13.2 Å². The van der Waals surface area contributed by atoms with Crippen molar-refractivity contribution in [3.05, 3.63) is 25.7 Å². The van der Waals surface area contributed by atoms with Crippen LogP contribution in [-0.4, -0.2) is 23.7 Å². The summed E-state index contributed by atoms with van der Waals surface area (Å²) >= 11 is 0. The Morgan fingerprint density at radius 2 is 1.70 bits per heavy atom. The van der Waals surface area contributed by atoms with Crippen molar-refractivity contribution in [1.29, 1.82) is 0 Å². The van der Waals surface area contributed by atoms with Crippen LogP contribution in [0.3, 0.4) is 0 Å². The van der Waals surface area contributed by atoms with Gasteiger partial charge in [-0.3, -0.25) is 0 Å². The highest BCUT2D eigenvalue weighted by Gasteiger charge is 1.56. The highest BCUT2D eigenvalue weighted by atomic mass is 16.5. The third-order valence-corrected chi connectivity index (χ3v) is 0.322. The fourth-order valence-electron chi connectivity index (χ4n) is 0.0680. The molecule has 5 N–H and O–H groups in total. The van der Waals surface area contributed by atoms with Crippen molar-refractivity contribution < 1.29 is 15.3 Å². The SMILES string of the molecule is C=COC=C.NCCO.O. The first kappa shape index (κ1) is 16.1. The topological polar surface area (TPSA) is 87.0 Å². The van der Waals surface area contributed by atoms with Gasteiger partial charge in [0.25, 0.3) is 0 Å². The zero-order chi connectivity index (χ0) is 7.54. The molecule has 0 saturated heterocycles. The predicted molar refractivity (Wildman–Crippen MR) is 41.2 cm³/mol. The minimum Gasteiger partial charge on any atom is -0.474 e. The molecule has 0 aromatic heterocycles. The van der Waals surface area contributed by atoms with Crippen molar-refractivity contribution in [2.75, 3.05) is 13.2 Å². The first-order valence-electron chi connectivity index (χ1n) is 2.51. The van der Waals surface area contributed by atoms with Gasteiger partial charge in [0.05, 0.1) is 19.1 Å². The molecule has 0 aliphatic carbocycles. The summed E-state index contributed by atoms with van der Waals surface area (Å²) in [7, 11) is 0. The first-order valence-corrected chi connectivity index (χ1v) is 2.51. The van der Waals surface area contributed by atoms with Gasteiger partial charge in [-0.15, -0.1) is 0 Å². The second kappa shape index (κ2) is 24.2. The van der Waals surface area contributed by atoms with E-state index < -0.39 is 0 Å². The standard InChI is InChI=1S/C4H6O.C2H7NO.H2O/c1-3-5-4-2;3-1-2-4;/h3-4H,1-2H2;4H,1-3H2;1H2. The number of rotatable bonds is 3. The number of aliphatic hydroxyl groups excluding tert-OH is 1. The van der Waals surface area contributed by atoms with E-state index in [1.165, 1.54) is 12.5 Å². The normalized spacial score (nSPS) is 5.80. The molecule has 0 unspecified atom stereocenters. The van der Waals surface area contributed by atoms with E-state index in [1.807, 2.05) is 0 Å². The number of hydrogen-bond donors (Lipinski definition) is 2. The van der Waals surface area contributed by atoms with Crippen LogP contribution in [0.4, 0.5) is 0 Å². The molecule has 0 aromatic carbocycles. The molecule has 0 aliphatic rings. The summed E-state index contributed by atoms with van der Waals surface area (Å²) in [5.74, 6) is 0. The minimum absolute atomic E-state index is 0. The Morgan fingerprint density at radius 1 is 1.40 bits per heavy atom. The summed E-state index contributed by atoms with van der Waals surface area (Å²) in [4.78, 5) is 0. The number of ether oxygens (including phenoxy) is 1. The molecule has 0 amide bonds. The second-order valence-electron chi connectivity index (χ2n) is 0.982. The number of aliphatic hydroxyl groups is 1. The fraction of sp³-hybridized carbons (Fsp3) is 0.333. The Labute approximate surface area is 60.9 Å². The third kappa shape index (κ3) is 58.2. The van der Waals surface area contributed by atoms with E-state index in [0.717, 1.165) is 0 Å². The molecular formula is C6H15NO3. The zero-order valence-electron chi connectivity index (χ0n) is 5.92. The molecule has 0 spiro atoms. The van der Waals surface area contributed by atoms with Gasteiger partial charge < -0.3 is 21.1 Å². The van der Waals surface area contributed by atoms with Crippen LogP contribution in [0.5, 0.6) is 0 Å². The van der Waals surface area contributed by atoms with E-state index >= 15 is 0 Å². The van der Waals surface area contributed by atoms with Crippen molar-refractivity contribution in [3.8, 4) is 0 Å². The van der Waals surface area contributed by atoms with E-state index in [9.17, 15) is 0 Å². The Morgan fingerprint density at radius 3 is 1.70 bits per heavy atom. The lowest BCUT2D eigenvalue weighted by Crippen LogP contribution is -2.02. The molecular weight excluding hydrogens is 134 g/mol. The molecule has 0 radical (unpaired) electrons. The van der Waals surface area contributed by atoms with Gasteiger partial charge in [0.1, 0.15) is 0 Å². The summed E-state index contributed by atoms with van der Waals surface area (Å²) in [6.45, 7) is 6.99. The second-order valence-corrected chi connectivity index (χ2v) is 0.982. The molecule has 62 valence electrons. The van der Waals surface area contributed by atoms with Crippen molar-refractivity contribution >= 4 is 0 Å². The van der Waals surface area contributed by atoms with Crippen LogP contribution < -0.4 is 5.73 Å². The van der Waals surface area contributed by atoms with Crippen LogP contribution in [0.1, 0.15) is 0 Å². The minimum atomic E-state index is 0. The van der Waals surface area contributed by atoms with Gasteiger partial charge in [-0.2, -0.15) is 0 Å².